The smallest absolute Gasteiger partial charge is 0.241 e. The average molecular weight is 963 g/mol. The van der Waals surface area contributed by atoms with Crippen LogP contribution in [0.15, 0.2) is 129 Å². The molecule has 2 aromatic heterocycles. The van der Waals surface area contributed by atoms with Crippen molar-refractivity contribution in [1.29, 1.82) is 0 Å². The highest BCUT2D eigenvalue weighted by Gasteiger charge is 2.50. The van der Waals surface area contributed by atoms with Gasteiger partial charge in [0.25, 0.3) is 0 Å². The second-order valence-electron chi connectivity index (χ2n) is 19.5. The Morgan fingerprint density at radius 1 is 0.485 bits per heavy atom. The average Bonchev–Trinajstić information content (AvgIpc) is 3.57. The Hall–Kier alpha value is -6.02. The Balaban J connectivity index is 0.000000201. The minimum absolute atomic E-state index is 0.00538. The first-order chi connectivity index (χ1) is 31.7. The van der Waals surface area contributed by atoms with Crippen molar-refractivity contribution >= 4 is 64.6 Å². The molecule has 16 nitrogen and oxygen atoms in total. The lowest BCUT2D eigenvalue weighted by Gasteiger charge is -2.36. The monoisotopic (exact) mass is 962 g/mol. The molecule has 360 valence electrons. The number of hydrogen-bond donors (Lipinski definition) is 4. The van der Waals surface area contributed by atoms with Gasteiger partial charge in [-0.1, -0.05) is 60.7 Å². The van der Waals surface area contributed by atoms with Crippen LogP contribution in [0.25, 0.3) is 21.5 Å². The van der Waals surface area contributed by atoms with Crippen molar-refractivity contribution in [2.24, 2.45) is 9.98 Å². The van der Waals surface area contributed by atoms with Gasteiger partial charge in [-0.25, -0.2) is 46.4 Å². The number of aliphatic imine (C=N–C) groups is 2. The normalized spacial score (nSPS) is 17.1. The Morgan fingerprint density at radius 2 is 0.809 bits per heavy atom. The summed E-state index contributed by atoms with van der Waals surface area (Å²) in [6.45, 7) is 15.5. The SMILES string of the molecule is CN(C)c1cccc2c(S(=O)(=O)NCc3cccc(C4=NC(C)(C)C(C)(C)N4O)n3)cccc12.CN(C)c1cccc2c(S(=O)(=O)NCc3cccc(C4=NC(C)(C)C(C)(C)N4O)n3)cccc12. The lowest BCUT2D eigenvalue weighted by molar-refractivity contribution is -0.0994. The number of amidine groups is 2. The Bertz CT molecular complexity index is 2970. The van der Waals surface area contributed by atoms with Crippen LogP contribution >= 0.6 is 0 Å². The number of fused-ring (bicyclic) bond motifs is 2. The van der Waals surface area contributed by atoms with E-state index in [1.807, 2.05) is 142 Å². The molecule has 0 fully saturated rings. The van der Waals surface area contributed by atoms with Gasteiger partial charge < -0.3 is 9.80 Å². The third-order valence-electron chi connectivity index (χ3n) is 13.4. The van der Waals surface area contributed by atoms with Crippen LogP contribution in [0, 0.1) is 0 Å². The molecule has 68 heavy (non-hydrogen) atoms. The quantitative estimate of drug-likeness (QED) is 0.0941. The predicted octanol–water partition coefficient (Wildman–Crippen LogP) is 7.58. The maximum absolute atomic E-state index is 13.2. The van der Waals surface area contributed by atoms with Gasteiger partial charge in [0.2, 0.25) is 20.0 Å². The Kier molecular flexibility index (Phi) is 13.3. The van der Waals surface area contributed by atoms with Gasteiger partial charge in [0, 0.05) is 61.1 Å². The molecule has 0 bridgehead atoms. The molecule has 0 spiro atoms. The van der Waals surface area contributed by atoms with Gasteiger partial charge in [-0.05, 0) is 104 Å². The molecule has 0 unspecified atom stereocenters. The van der Waals surface area contributed by atoms with Crippen molar-refractivity contribution in [1.82, 2.24) is 29.5 Å². The van der Waals surface area contributed by atoms with Gasteiger partial charge in [-0.2, -0.15) is 0 Å². The molecule has 0 saturated heterocycles. The van der Waals surface area contributed by atoms with E-state index in [-0.39, 0.29) is 22.9 Å². The number of sulfonamides is 2. The molecule has 18 heteroatoms. The van der Waals surface area contributed by atoms with E-state index < -0.39 is 42.2 Å². The molecule has 8 rings (SSSR count). The Labute approximate surface area is 400 Å². The molecule has 4 heterocycles. The van der Waals surface area contributed by atoms with E-state index in [0.717, 1.165) is 32.3 Å². The van der Waals surface area contributed by atoms with E-state index in [9.17, 15) is 27.3 Å². The van der Waals surface area contributed by atoms with Crippen molar-refractivity contribution in [3.63, 3.8) is 0 Å². The summed E-state index contributed by atoms with van der Waals surface area (Å²) in [5.74, 6) is 0.731. The predicted molar refractivity (Wildman–Crippen MR) is 270 cm³/mol. The fourth-order valence-corrected chi connectivity index (χ4v) is 10.4. The number of rotatable bonds is 12. The lowest BCUT2D eigenvalue weighted by atomic mass is 9.84. The molecule has 2 aliphatic heterocycles. The van der Waals surface area contributed by atoms with Gasteiger partial charge in [0.05, 0.1) is 56.4 Å². The summed E-state index contributed by atoms with van der Waals surface area (Å²) in [6, 6.07) is 32.4. The molecule has 0 aliphatic carbocycles. The molecular formula is C50H62N10O6S2. The van der Waals surface area contributed by atoms with Crippen LogP contribution < -0.4 is 19.2 Å². The van der Waals surface area contributed by atoms with E-state index >= 15 is 0 Å². The molecule has 0 amide bonds. The topological polar surface area (TPSA) is 196 Å². The van der Waals surface area contributed by atoms with E-state index in [0.29, 0.717) is 45.2 Å². The molecule has 0 saturated carbocycles. The van der Waals surface area contributed by atoms with Gasteiger partial charge >= 0.3 is 0 Å². The largest absolute Gasteiger partial charge is 0.377 e. The fraction of sp³-hybridized carbons (Fsp3) is 0.360. The van der Waals surface area contributed by atoms with Crippen LogP contribution in [0.2, 0.25) is 0 Å². The third-order valence-corrected chi connectivity index (χ3v) is 16.4. The van der Waals surface area contributed by atoms with Crippen LogP contribution in [0.3, 0.4) is 0 Å². The number of anilines is 2. The zero-order valence-corrected chi connectivity index (χ0v) is 42.4. The highest BCUT2D eigenvalue weighted by molar-refractivity contribution is 7.90. The van der Waals surface area contributed by atoms with Gasteiger partial charge in [-0.15, -0.1) is 0 Å². The first-order valence-electron chi connectivity index (χ1n) is 22.2. The maximum atomic E-state index is 13.2. The van der Waals surface area contributed by atoms with E-state index in [4.69, 9.17) is 0 Å². The minimum atomic E-state index is -3.81. The summed E-state index contributed by atoms with van der Waals surface area (Å²) in [7, 11) is 0.0995. The minimum Gasteiger partial charge on any atom is -0.377 e. The van der Waals surface area contributed by atoms with E-state index in [1.165, 1.54) is 0 Å². The zero-order valence-electron chi connectivity index (χ0n) is 40.7. The maximum Gasteiger partial charge on any atom is 0.241 e. The van der Waals surface area contributed by atoms with E-state index in [1.54, 1.807) is 60.7 Å². The Morgan fingerprint density at radius 3 is 1.13 bits per heavy atom. The van der Waals surface area contributed by atoms with Crippen molar-refractivity contribution in [2.45, 2.75) is 100 Å². The van der Waals surface area contributed by atoms with Crippen molar-refractivity contribution in [2.75, 3.05) is 38.0 Å². The summed E-state index contributed by atoms with van der Waals surface area (Å²) in [4.78, 5) is 22.8. The van der Waals surface area contributed by atoms with Crippen molar-refractivity contribution in [3.05, 3.63) is 132 Å². The molecule has 2 aliphatic rings. The molecule has 4 N–H and O–H groups in total. The second-order valence-corrected chi connectivity index (χ2v) is 22.9. The number of aromatic nitrogens is 2. The van der Waals surface area contributed by atoms with Crippen molar-refractivity contribution < 1.29 is 27.3 Å². The fourth-order valence-electron chi connectivity index (χ4n) is 7.95. The number of nitrogens with zero attached hydrogens (tertiary/aromatic N) is 8. The molecule has 6 aromatic rings. The van der Waals surface area contributed by atoms with Crippen LogP contribution in [0.1, 0.15) is 78.2 Å². The number of hydroxylamine groups is 4. The summed E-state index contributed by atoms with van der Waals surface area (Å²) >= 11 is 0. The zero-order chi connectivity index (χ0) is 49.8. The standard InChI is InChI=1S/2C25H31N5O3S/c2*1-24(2)25(3,4)30(31)23(28-24)20-13-7-10-17(27-20)16-26-34(32,33)22-15-9-11-18-19(22)12-8-14-21(18)29(5)6/h2*7-15,26,31H,16H2,1-6H3. The summed E-state index contributed by atoms with van der Waals surface area (Å²) in [5, 5.41) is 26.7. The highest BCUT2D eigenvalue weighted by atomic mass is 32.2. The third kappa shape index (κ3) is 9.28. The highest BCUT2D eigenvalue weighted by Crippen LogP contribution is 2.39. The summed E-state index contributed by atoms with van der Waals surface area (Å²) in [5.41, 5.74) is 1.65. The number of benzene rings is 4. The lowest BCUT2D eigenvalue weighted by Crippen LogP contribution is -2.51. The van der Waals surface area contributed by atoms with Crippen LogP contribution in [0.5, 0.6) is 0 Å². The number of pyridine rings is 2. The van der Waals surface area contributed by atoms with Crippen LogP contribution in [0.4, 0.5) is 11.4 Å². The van der Waals surface area contributed by atoms with Gasteiger partial charge in [0.1, 0.15) is 11.4 Å². The first-order valence-corrected chi connectivity index (χ1v) is 25.1. The van der Waals surface area contributed by atoms with E-state index in [2.05, 4.69) is 29.4 Å². The summed E-state index contributed by atoms with van der Waals surface area (Å²) in [6.07, 6.45) is 0. The summed E-state index contributed by atoms with van der Waals surface area (Å²) < 4.78 is 58.3. The molecular weight excluding hydrogens is 901 g/mol. The van der Waals surface area contributed by atoms with Gasteiger partial charge in [-0.3, -0.25) is 20.4 Å². The molecule has 0 radical (unpaired) electrons. The van der Waals surface area contributed by atoms with Gasteiger partial charge in [0.15, 0.2) is 11.7 Å². The number of hydrogen-bond acceptors (Lipinski definition) is 14. The first kappa shape index (κ1) is 49.9. The van der Waals surface area contributed by atoms with Crippen molar-refractivity contribution in [3.8, 4) is 0 Å². The van der Waals surface area contributed by atoms with Crippen LogP contribution in [-0.2, 0) is 33.1 Å². The van der Waals surface area contributed by atoms with Crippen LogP contribution in [-0.4, -0.2) is 109 Å². The molecule has 4 aromatic carbocycles. The molecule has 0 atom stereocenters. The number of nitrogens with one attached hydrogen (secondary N) is 2. The second kappa shape index (κ2) is 18.1.